The van der Waals surface area contributed by atoms with Crippen molar-refractivity contribution in [1.29, 1.82) is 0 Å². The Hall–Kier alpha value is -1.44. The second kappa shape index (κ2) is 5.08. The lowest BCUT2D eigenvalue weighted by atomic mass is 10.00. The number of aryl methyl sites for hydroxylation is 1. The van der Waals surface area contributed by atoms with Gasteiger partial charge in [0, 0.05) is 6.04 Å². The summed E-state index contributed by atoms with van der Waals surface area (Å²) in [5, 5.41) is 8.91. The van der Waals surface area contributed by atoms with Gasteiger partial charge in [-0.3, -0.25) is 10.0 Å². The highest BCUT2D eigenvalue weighted by Gasteiger charge is 2.54. The zero-order valence-corrected chi connectivity index (χ0v) is 12.5. The number of carbonyl (C=O) groups excluding carboxylic acids is 1. The van der Waals surface area contributed by atoms with Crippen molar-refractivity contribution in [3.8, 4) is 0 Å². The van der Waals surface area contributed by atoms with Crippen LogP contribution in [0.25, 0.3) is 0 Å². The molecule has 3 atom stereocenters. The molecular formula is C14H18N2O4S. The molecule has 21 heavy (non-hydrogen) atoms. The molecule has 7 heteroatoms. The fraction of sp³-hybridized carbons (Fsp3) is 0.500. The van der Waals surface area contributed by atoms with Crippen molar-refractivity contribution in [1.82, 2.24) is 9.79 Å². The molecule has 2 fully saturated rings. The first-order valence-electron chi connectivity index (χ1n) is 7.00. The molecule has 3 rings (SSSR count). The molecule has 2 bridgehead atoms. The number of hydrogen-bond acceptors (Lipinski definition) is 4. The maximum Gasteiger partial charge on any atom is 0.262 e. The van der Waals surface area contributed by atoms with Gasteiger partial charge in [-0.15, -0.1) is 0 Å². The number of rotatable bonds is 3. The minimum Gasteiger partial charge on any atom is -0.289 e. The quantitative estimate of drug-likeness (QED) is 0.645. The van der Waals surface area contributed by atoms with Crippen molar-refractivity contribution in [2.75, 3.05) is 0 Å². The predicted molar refractivity (Wildman–Crippen MR) is 75.1 cm³/mol. The van der Waals surface area contributed by atoms with Crippen LogP contribution in [0.2, 0.25) is 0 Å². The van der Waals surface area contributed by atoms with E-state index in [1.807, 2.05) is 0 Å². The molecule has 1 aliphatic carbocycles. The molecule has 0 aromatic heterocycles. The Labute approximate surface area is 123 Å². The summed E-state index contributed by atoms with van der Waals surface area (Å²) in [6.07, 6.45) is 2.27. The Bertz CT molecular complexity index is 673. The van der Waals surface area contributed by atoms with E-state index in [9.17, 15) is 13.2 Å². The number of benzene rings is 1. The van der Waals surface area contributed by atoms with Crippen LogP contribution in [0.5, 0.6) is 0 Å². The number of carbonyl (C=O) groups is 1. The van der Waals surface area contributed by atoms with Gasteiger partial charge in [-0.1, -0.05) is 18.2 Å². The van der Waals surface area contributed by atoms with Crippen LogP contribution in [0.1, 0.15) is 24.8 Å². The summed E-state index contributed by atoms with van der Waals surface area (Å²) in [4.78, 5) is 12.1. The number of amides is 1. The van der Waals surface area contributed by atoms with Crippen molar-refractivity contribution in [2.45, 2.75) is 43.2 Å². The van der Waals surface area contributed by atoms with Gasteiger partial charge in [0.05, 0.1) is 4.90 Å². The molecule has 0 spiro atoms. The summed E-state index contributed by atoms with van der Waals surface area (Å²) in [7, 11) is -3.74. The van der Waals surface area contributed by atoms with E-state index < -0.39 is 22.0 Å². The normalized spacial score (nSPS) is 28.8. The lowest BCUT2D eigenvalue weighted by Crippen LogP contribution is -2.52. The highest BCUT2D eigenvalue weighted by atomic mass is 32.2. The third-order valence-electron chi connectivity index (χ3n) is 4.55. The van der Waals surface area contributed by atoms with Crippen LogP contribution in [0.3, 0.4) is 0 Å². The Morgan fingerprint density at radius 2 is 2.05 bits per heavy atom. The molecule has 0 radical (unpaired) electrons. The maximum absolute atomic E-state index is 12.9. The molecular weight excluding hydrogens is 292 g/mol. The zero-order chi connectivity index (χ0) is 15.2. The summed E-state index contributed by atoms with van der Waals surface area (Å²) in [6, 6.07) is 5.80. The molecule has 1 saturated heterocycles. The molecule has 114 valence electrons. The van der Waals surface area contributed by atoms with Gasteiger partial charge >= 0.3 is 0 Å². The standard InChI is InChI=1S/C14H18N2O4S/c1-9-4-2-3-5-12(9)21(19,20)16-11-7-6-10(8-11)13(16)14(17)15-18/h2-5,10-11,13,18H,6-8H2,1H3,(H,15,17)/t10-,11+,13-/m1/s1. The molecule has 2 N–H and O–H groups in total. The molecule has 1 saturated carbocycles. The summed E-state index contributed by atoms with van der Waals surface area (Å²) in [6.45, 7) is 1.74. The topological polar surface area (TPSA) is 86.7 Å². The Morgan fingerprint density at radius 3 is 2.71 bits per heavy atom. The SMILES string of the molecule is Cc1ccccc1S(=O)(=O)N1[C@H]2CC[C@H](C2)[C@@H]1C(=O)NO. The summed E-state index contributed by atoms with van der Waals surface area (Å²) in [5.41, 5.74) is 2.27. The van der Waals surface area contributed by atoms with Crippen LogP contribution in [0, 0.1) is 12.8 Å². The highest BCUT2D eigenvalue weighted by Crippen LogP contribution is 2.45. The molecule has 1 heterocycles. The van der Waals surface area contributed by atoms with Crippen molar-refractivity contribution in [3.05, 3.63) is 29.8 Å². The van der Waals surface area contributed by atoms with Crippen LogP contribution >= 0.6 is 0 Å². The number of fused-ring (bicyclic) bond motifs is 2. The predicted octanol–water partition coefficient (Wildman–Crippen LogP) is 1.04. The number of nitrogens with one attached hydrogen (secondary N) is 1. The number of sulfonamides is 1. The lowest BCUT2D eigenvalue weighted by molar-refractivity contribution is -0.134. The Kier molecular flexibility index (Phi) is 3.51. The third kappa shape index (κ3) is 2.16. The second-order valence-electron chi connectivity index (χ2n) is 5.75. The minimum atomic E-state index is -3.74. The van der Waals surface area contributed by atoms with Gasteiger partial charge < -0.3 is 0 Å². The second-order valence-corrected chi connectivity index (χ2v) is 7.56. The van der Waals surface area contributed by atoms with Gasteiger partial charge in [-0.05, 0) is 43.7 Å². The van der Waals surface area contributed by atoms with Gasteiger partial charge in [-0.25, -0.2) is 13.9 Å². The fourth-order valence-electron chi connectivity index (χ4n) is 3.65. The maximum atomic E-state index is 12.9. The van der Waals surface area contributed by atoms with Crippen LogP contribution in [0.4, 0.5) is 0 Å². The number of piperidine rings is 1. The smallest absolute Gasteiger partial charge is 0.262 e. The molecule has 1 aromatic rings. The third-order valence-corrected chi connectivity index (χ3v) is 6.65. The Morgan fingerprint density at radius 1 is 1.33 bits per heavy atom. The molecule has 1 aliphatic heterocycles. The van der Waals surface area contributed by atoms with E-state index in [1.165, 1.54) is 4.31 Å². The number of hydrogen-bond donors (Lipinski definition) is 2. The molecule has 0 unspecified atom stereocenters. The first-order valence-corrected chi connectivity index (χ1v) is 8.44. The molecule has 1 amide bonds. The van der Waals surface area contributed by atoms with Gasteiger partial charge in [0.1, 0.15) is 6.04 Å². The summed E-state index contributed by atoms with van der Waals surface area (Å²) in [5.74, 6) is -0.652. The van der Waals surface area contributed by atoms with Gasteiger partial charge in [0.25, 0.3) is 5.91 Å². The highest BCUT2D eigenvalue weighted by molar-refractivity contribution is 7.89. The monoisotopic (exact) mass is 310 g/mol. The van der Waals surface area contributed by atoms with Gasteiger partial charge in [0.2, 0.25) is 10.0 Å². The molecule has 2 aliphatic rings. The van der Waals surface area contributed by atoms with Gasteiger partial charge in [-0.2, -0.15) is 4.31 Å². The summed E-state index contributed by atoms with van der Waals surface area (Å²) >= 11 is 0. The van der Waals surface area contributed by atoms with E-state index in [-0.39, 0.29) is 16.9 Å². The molecule has 1 aromatic carbocycles. The lowest BCUT2D eigenvalue weighted by Gasteiger charge is -2.33. The van der Waals surface area contributed by atoms with Crippen LogP contribution < -0.4 is 5.48 Å². The van der Waals surface area contributed by atoms with Crippen LogP contribution in [0.15, 0.2) is 29.2 Å². The van der Waals surface area contributed by atoms with E-state index in [4.69, 9.17) is 5.21 Å². The average molecular weight is 310 g/mol. The largest absolute Gasteiger partial charge is 0.289 e. The fourth-order valence-corrected chi connectivity index (χ4v) is 5.75. The molecule has 6 nitrogen and oxygen atoms in total. The van der Waals surface area contributed by atoms with E-state index in [1.54, 1.807) is 36.7 Å². The van der Waals surface area contributed by atoms with Crippen molar-refractivity contribution < 1.29 is 18.4 Å². The van der Waals surface area contributed by atoms with Crippen molar-refractivity contribution >= 4 is 15.9 Å². The van der Waals surface area contributed by atoms with Crippen LogP contribution in [-0.4, -0.2) is 35.9 Å². The van der Waals surface area contributed by atoms with Crippen molar-refractivity contribution in [2.24, 2.45) is 5.92 Å². The first-order chi connectivity index (χ1) is 9.96. The van der Waals surface area contributed by atoms with E-state index in [0.29, 0.717) is 12.0 Å². The first kappa shape index (κ1) is 14.5. The van der Waals surface area contributed by atoms with E-state index in [2.05, 4.69) is 0 Å². The average Bonchev–Trinajstić information content (AvgIpc) is 3.07. The number of hydroxylamine groups is 1. The van der Waals surface area contributed by atoms with Gasteiger partial charge in [0.15, 0.2) is 0 Å². The van der Waals surface area contributed by atoms with Crippen molar-refractivity contribution in [3.63, 3.8) is 0 Å². The van der Waals surface area contributed by atoms with Crippen LogP contribution in [-0.2, 0) is 14.8 Å². The zero-order valence-electron chi connectivity index (χ0n) is 11.7. The van der Waals surface area contributed by atoms with E-state index >= 15 is 0 Å². The minimum absolute atomic E-state index is 0.0130. The van der Waals surface area contributed by atoms with E-state index in [0.717, 1.165) is 12.8 Å². The Balaban J connectivity index is 2.05. The summed E-state index contributed by atoms with van der Waals surface area (Å²) < 4.78 is 27.2. The number of nitrogens with zero attached hydrogens (tertiary/aromatic N) is 1.